The topological polar surface area (TPSA) is 26.3 Å². The standard InChI is InChI=1S/C6H12O2Si/c1-3-6(7)5-9-8-4-2/h3H,1,4-5,9H2,2H3. The molecule has 0 aliphatic carbocycles. The zero-order chi connectivity index (χ0) is 7.11. The molecule has 2 nitrogen and oxygen atoms in total. The Morgan fingerprint density at radius 2 is 2.56 bits per heavy atom. The summed E-state index contributed by atoms with van der Waals surface area (Å²) >= 11 is 0. The molecule has 0 saturated heterocycles. The summed E-state index contributed by atoms with van der Waals surface area (Å²) in [5.41, 5.74) is 0. The normalized spacial score (nSPS) is 10.3. The minimum Gasteiger partial charge on any atom is -0.424 e. The smallest absolute Gasteiger partial charge is 0.169 e. The van der Waals surface area contributed by atoms with Gasteiger partial charge in [-0.1, -0.05) is 6.58 Å². The molecule has 0 aliphatic heterocycles. The molecule has 0 aromatic rings. The zero-order valence-corrected chi connectivity index (χ0v) is 7.14. The molecule has 0 aromatic heterocycles. The third kappa shape index (κ3) is 5.46. The zero-order valence-electron chi connectivity index (χ0n) is 5.72. The second-order valence-corrected chi connectivity index (χ2v) is 2.93. The molecule has 0 bridgehead atoms. The molecule has 3 heteroatoms. The van der Waals surface area contributed by atoms with E-state index in [4.69, 9.17) is 4.43 Å². The summed E-state index contributed by atoms with van der Waals surface area (Å²) in [6.07, 6.45) is 1.35. The Kier molecular flexibility index (Phi) is 5.46. The summed E-state index contributed by atoms with van der Waals surface area (Å²) < 4.78 is 5.08. The van der Waals surface area contributed by atoms with Gasteiger partial charge in [0.1, 0.15) is 0 Å². The van der Waals surface area contributed by atoms with E-state index in [1.807, 2.05) is 6.92 Å². The molecule has 0 saturated carbocycles. The summed E-state index contributed by atoms with van der Waals surface area (Å²) in [6.45, 7) is 6.03. The third-order valence-corrected chi connectivity index (χ3v) is 2.32. The van der Waals surface area contributed by atoms with Gasteiger partial charge < -0.3 is 4.43 Å². The average Bonchev–Trinajstić information content (AvgIpc) is 1.89. The van der Waals surface area contributed by atoms with Crippen LogP contribution in [0.15, 0.2) is 12.7 Å². The molecule has 0 unspecified atom stereocenters. The van der Waals surface area contributed by atoms with Gasteiger partial charge in [-0.3, -0.25) is 4.79 Å². The number of ketones is 1. The Labute approximate surface area is 57.8 Å². The fourth-order valence-electron chi connectivity index (χ4n) is 0.419. The van der Waals surface area contributed by atoms with E-state index in [0.29, 0.717) is 6.04 Å². The van der Waals surface area contributed by atoms with Crippen LogP contribution in [0.5, 0.6) is 0 Å². The maximum absolute atomic E-state index is 10.5. The molecule has 0 aromatic carbocycles. The Morgan fingerprint density at radius 1 is 1.89 bits per heavy atom. The number of rotatable bonds is 5. The minimum absolute atomic E-state index is 0.107. The molecular formula is C6H12O2Si. The van der Waals surface area contributed by atoms with Crippen LogP contribution >= 0.6 is 0 Å². The van der Waals surface area contributed by atoms with Crippen molar-refractivity contribution in [2.45, 2.75) is 13.0 Å². The molecule has 52 valence electrons. The molecule has 0 rings (SSSR count). The predicted octanol–water partition coefficient (Wildman–Crippen LogP) is 0.280. The first-order valence-corrected chi connectivity index (χ1v) is 4.62. The van der Waals surface area contributed by atoms with Crippen molar-refractivity contribution in [3.8, 4) is 0 Å². The minimum atomic E-state index is -0.568. The van der Waals surface area contributed by atoms with Crippen molar-refractivity contribution in [1.29, 1.82) is 0 Å². The molecule has 0 N–H and O–H groups in total. The number of carbonyl (C=O) groups is 1. The van der Waals surface area contributed by atoms with Crippen molar-refractivity contribution in [2.24, 2.45) is 0 Å². The van der Waals surface area contributed by atoms with Crippen molar-refractivity contribution < 1.29 is 9.22 Å². The van der Waals surface area contributed by atoms with E-state index >= 15 is 0 Å². The Hall–Kier alpha value is -0.413. The van der Waals surface area contributed by atoms with Crippen LogP contribution in [0.4, 0.5) is 0 Å². The van der Waals surface area contributed by atoms with Crippen LogP contribution in [0.3, 0.4) is 0 Å². The average molecular weight is 144 g/mol. The van der Waals surface area contributed by atoms with Gasteiger partial charge in [-0.2, -0.15) is 0 Å². The molecule has 0 fully saturated rings. The highest BCUT2D eigenvalue weighted by Gasteiger charge is 1.93. The third-order valence-electron chi connectivity index (χ3n) is 0.925. The predicted molar refractivity (Wildman–Crippen MR) is 40.2 cm³/mol. The highest BCUT2D eigenvalue weighted by Crippen LogP contribution is 1.83. The maximum Gasteiger partial charge on any atom is 0.169 e. The second-order valence-electron chi connectivity index (χ2n) is 1.62. The van der Waals surface area contributed by atoms with Gasteiger partial charge in [-0.15, -0.1) is 0 Å². The van der Waals surface area contributed by atoms with Crippen molar-refractivity contribution in [3.63, 3.8) is 0 Å². The lowest BCUT2D eigenvalue weighted by molar-refractivity contribution is -0.112. The Morgan fingerprint density at radius 3 is 3.00 bits per heavy atom. The number of carbonyl (C=O) groups excluding carboxylic acids is 1. The number of hydrogen-bond donors (Lipinski definition) is 0. The maximum atomic E-state index is 10.5. The van der Waals surface area contributed by atoms with E-state index in [1.54, 1.807) is 0 Å². The van der Waals surface area contributed by atoms with Crippen molar-refractivity contribution in [3.05, 3.63) is 12.7 Å². The summed E-state index contributed by atoms with van der Waals surface area (Å²) in [4.78, 5) is 10.5. The largest absolute Gasteiger partial charge is 0.424 e. The molecule has 0 spiro atoms. The van der Waals surface area contributed by atoms with Crippen LogP contribution in [0.2, 0.25) is 6.04 Å². The van der Waals surface area contributed by atoms with Crippen LogP contribution < -0.4 is 0 Å². The van der Waals surface area contributed by atoms with Crippen LogP contribution in [-0.4, -0.2) is 22.2 Å². The monoisotopic (exact) mass is 144 g/mol. The van der Waals surface area contributed by atoms with E-state index in [1.165, 1.54) is 6.08 Å². The molecular weight excluding hydrogens is 132 g/mol. The van der Waals surface area contributed by atoms with E-state index in [-0.39, 0.29) is 5.78 Å². The molecule has 9 heavy (non-hydrogen) atoms. The van der Waals surface area contributed by atoms with E-state index < -0.39 is 9.76 Å². The highest BCUT2D eigenvalue weighted by molar-refractivity contribution is 6.35. The molecule has 0 radical (unpaired) electrons. The van der Waals surface area contributed by atoms with Gasteiger partial charge >= 0.3 is 0 Å². The van der Waals surface area contributed by atoms with Gasteiger partial charge in [0.2, 0.25) is 0 Å². The van der Waals surface area contributed by atoms with Crippen molar-refractivity contribution in [1.82, 2.24) is 0 Å². The van der Waals surface area contributed by atoms with Crippen LogP contribution in [0.25, 0.3) is 0 Å². The lowest BCUT2D eigenvalue weighted by atomic mass is 10.5. The van der Waals surface area contributed by atoms with E-state index in [2.05, 4.69) is 6.58 Å². The van der Waals surface area contributed by atoms with Crippen LogP contribution in [-0.2, 0) is 9.22 Å². The van der Waals surface area contributed by atoms with E-state index in [0.717, 1.165) is 6.61 Å². The first-order chi connectivity index (χ1) is 4.31. The summed E-state index contributed by atoms with van der Waals surface area (Å²) in [5.74, 6) is 0.107. The van der Waals surface area contributed by atoms with Gasteiger partial charge in [0.05, 0.1) is 0 Å². The van der Waals surface area contributed by atoms with Gasteiger partial charge in [0.25, 0.3) is 0 Å². The quantitative estimate of drug-likeness (QED) is 0.315. The molecule has 0 atom stereocenters. The summed E-state index contributed by atoms with van der Waals surface area (Å²) in [6, 6.07) is 0.595. The van der Waals surface area contributed by atoms with Gasteiger partial charge in [0, 0.05) is 12.7 Å². The van der Waals surface area contributed by atoms with Gasteiger partial charge in [-0.25, -0.2) is 0 Å². The second kappa shape index (κ2) is 5.72. The Bertz CT molecular complexity index is 101. The van der Waals surface area contributed by atoms with Gasteiger partial charge in [-0.05, 0) is 13.0 Å². The highest BCUT2D eigenvalue weighted by atomic mass is 28.2. The fourth-order valence-corrected chi connectivity index (χ4v) is 1.26. The van der Waals surface area contributed by atoms with Crippen LogP contribution in [0, 0.1) is 0 Å². The lowest BCUT2D eigenvalue weighted by Gasteiger charge is -1.94. The number of allylic oxidation sites excluding steroid dienone is 1. The number of hydrogen-bond acceptors (Lipinski definition) is 2. The van der Waals surface area contributed by atoms with Crippen molar-refractivity contribution in [2.75, 3.05) is 6.61 Å². The lowest BCUT2D eigenvalue weighted by Crippen LogP contribution is -2.03. The van der Waals surface area contributed by atoms with Gasteiger partial charge in [0.15, 0.2) is 15.5 Å². The first kappa shape index (κ1) is 8.59. The first-order valence-electron chi connectivity index (χ1n) is 3.04. The van der Waals surface area contributed by atoms with Crippen LogP contribution in [0.1, 0.15) is 6.92 Å². The molecule has 0 heterocycles. The fraction of sp³-hybridized carbons (Fsp3) is 0.500. The SMILES string of the molecule is C=CC(=O)C[SiH2]OCC. The van der Waals surface area contributed by atoms with Crippen molar-refractivity contribution >= 4 is 15.5 Å². The van der Waals surface area contributed by atoms with E-state index in [9.17, 15) is 4.79 Å². The Balaban J connectivity index is 3.07. The molecule has 0 amide bonds. The molecule has 0 aliphatic rings. The summed E-state index contributed by atoms with van der Waals surface area (Å²) in [7, 11) is -0.568. The summed E-state index contributed by atoms with van der Waals surface area (Å²) in [5, 5.41) is 0.